The van der Waals surface area contributed by atoms with Gasteiger partial charge >= 0.3 is 0 Å². The largest absolute Gasteiger partial charge is 0.496 e. The number of halogens is 1. The topological polar surface area (TPSA) is 90.5 Å². The molecule has 8 nitrogen and oxygen atoms in total. The van der Waals surface area contributed by atoms with Crippen molar-refractivity contribution in [2.24, 2.45) is 0 Å². The molecule has 0 aliphatic rings. The van der Waals surface area contributed by atoms with Gasteiger partial charge in [-0.2, -0.15) is 0 Å². The van der Waals surface area contributed by atoms with Gasteiger partial charge in [0.05, 0.1) is 23.7 Å². The van der Waals surface area contributed by atoms with Crippen molar-refractivity contribution in [1.82, 2.24) is 24.5 Å². The minimum Gasteiger partial charge on any atom is -0.496 e. The molecule has 0 atom stereocenters. The lowest BCUT2D eigenvalue weighted by Crippen LogP contribution is -2.24. The number of fused-ring (bicyclic) bond motifs is 3. The molecular weight excluding hydrogens is 437 g/mol. The Morgan fingerprint density at radius 1 is 1.06 bits per heavy atom. The molecule has 34 heavy (non-hydrogen) atoms. The van der Waals surface area contributed by atoms with Gasteiger partial charge in [0, 0.05) is 17.7 Å². The number of para-hydroxylation sites is 1. The Kier molecular flexibility index (Phi) is 5.29. The molecule has 0 radical (unpaired) electrons. The van der Waals surface area contributed by atoms with Gasteiger partial charge < -0.3 is 10.1 Å². The van der Waals surface area contributed by atoms with Crippen molar-refractivity contribution in [2.75, 3.05) is 7.11 Å². The quantitative estimate of drug-likeness (QED) is 0.437. The molecule has 0 aliphatic heterocycles. The average Bonchev–Trinajstić information content (AvgIpc) is 3.24. The number of benzene rings is 3. The molecule has 0 aliphatic carbocycles. The third-order valence-electron chi connectivity index (χ3n) is 5.66. The first-order valence-corrected chi connectivity index (χ1v) is 10.5. The van der Waals surface area contributed by atoms with E-state index in [1.165, 1.54) is 28.8 Å². The van der Waals surface area contributed by atoms with Gasteiger partial charge in [-0.15, -0.1) is 10.2 Å². The van der Waals surface area contributed by atoms with Crippen molar-refractivity contribution in [3.63, 3.8) is 0 Å². The Balaban J connectivity index is 1.58. The van der Waals surface area contributed by atoms with E-state index in [4.69, 9.17) is 4.74 Å². The minimum absolute atomic E-state index is 0.271. The van der Waals surface area contributed by atoms with Crippen LogP contribution in [-0.2, 0) is 6.54 Å². The van der Waals surface area contributed by atoms with E-state index in [-0.39, 0.29) is 23.8 Å². The lowest BCUT2D eigenvalue weighted by atomic mass is 10.1. The Hall–Kier alpha value is -4.53. The summed E-state index contributed by atoms with van der Waals surface area (Å²) < 4.78 is 21.9. The van der Waals surface area contributed by atoms with Gasteiger partial charge in [-0.3, -0.25) is 14.0 Å². The van der Waals surface area contributed by atoms with E-state index in [9.17, 15) is 14.0 Å². The molecule has 5 aromatic rings. The van der Waals surface area contributed by atoms with Crippen molar-refractivity contribution in [1.29, 1.82) is 0 Å². The number of nitrogens with zero attached hydrogens (tertiary/aromatic N) is 4. The molecule has 1 N–H and O–H groups in total. The van der Waals surface area contributed by atoms with E-state index in [0.29, 0.717) is 33.7 Å². The van der Waals surface area contributed by atoms with Crippen LogP contribution in [0.5, 0.6) is 5.75 Å². The number of carbonyl (C=O) groups excluding carboxylic acids is 1. The van der Waals surface area contributed by atoms with Gasteiger partial charge in [0.15, 0.2) is 0 Å². The van der Waals surface area contributed by atoms with E-state index >= 15 is 0 Å². The van der Waals surface area contributed by atoms with Crippen LogP contribution < -0.4 is 15.6 Å². The number of aryl methyl sites for hydroxylation is 1. The molecule has 9 heteroatoms. The lowest BCUT2D eigenvalue weighted by molar-refractivity contribution is 0.0951. The first-order valence-electron chi connectivity index (χ1n) is 10.5. The molecule has 0 fully saturated rings. The van der Waals surface area contributed by atoms with Crippen LogP contribution in [0.25, 0.3) is 22.4 Å². The van der Waals surface area contributed by atoms with Crippen LogP contribution in [-0.4, -0.2) is 32.2 Å². The summed E-state index contributed by atoms with van der Waals surface area (Å²) in [5, 5.41) is 11.6. The number of nitrogens with one attached hydrogen (secondary N) is 1. The summed E-state index contributed by atoms with van der Waals surface area (Å²) >= 11 is 0. The van der Waals surface area contributed by atoms with Gasteiger partial charge in [-0.1, -0.05) is 18.2 Å². The highest BCUT2D eigenvalue weighted by molar-refractivity contribution is 5.98. The third-order valence-corrected chi connectivity index (χ3v) is 5.66. The number of amides is 1. The van der Waals surface area contributed by atoms with E-state index < -0.39 is 5.82 Å². The fourth-order valence-corrected chi connectivity index (χ4v) is 3.98. The van der Waals surface area contributed by atoms with Crippen molar-refractivity contribution in [3.05, 3.63) is 99.9 Å². The first kappa shape index (κ1) is 21.3. The zero-order valence-electron chi connectivity index (χ0n) is 18.4. The lowest BCUT2D eigenvalue weighted by Gasteiger charge is -2.13. The number of rotatable bonds is 5. The highest BCUT2D eigenvalue weighted by Gasteiger charge is 2.18. The highest BCUT2D eigenvalue weighted by Crippen LogP contribution is 2.20. The second-order valence-electron chi connectivity index (χ2n) is 7.73. The third kappa shape index (κ3) is 3.57. The SMILES string of the molecule is COc1ccccc1CNC(=O)c1ccc2c(=O)n(-c3ccc(F)cc3)c3nnc(C)n3c2c1. The summed E-state index contributed by atoms with van der Waals surface area (Å²) in [4.78, 5) is 26.3. The van der Waals surface area contributed by atoms with Gasteiger partial charge in [0.25, 0.3) is 11.5 Å². The van der Waals surface area contributed by atoms with Gasteiger partial charge in [0.1, 0.15) is 17.4 Å². The van der Waals surface area contributed by atoms with Crippen LogP contribution in [0.3, 0.4) is 0 Å². The van der Waals surface area contributed by atoms with Crippen LogP contribution in [0.4, 0.5) is 4.39 Å². The molecule has 0 saturated carbocycles. The molecule has 0 bridgehead atoms. The van der Waals surface area contributed by atoms with Crippen LogP contribution >= 0.6 is 0 Å². The van der Waals surface area contributed by atoms with Crippen molar-refractivity contribution < 1.29 is 13.9 Å². The zero-order valence-corrected chi connectivity index (χ0v) is 18.4. The monoisotopic (exact) mass is 457 g/mol. The molecule has 0 unspecified atom stereocenters. The van der Waals surface area contributed by atoms with E-state index in [2.05, 4.69) is 15.5 Å². The molecule has 2 heterocycles. The maximum atomic E-state index is 13.4. The number of ether oxygens (including phenoxy) is 1. The summed E-state index contributed by atoms with van der Waals surface area (Å²) in [6, 6.07) is 17.9. The molecule has 170 valence electrons. The van der Waals surface area contributed by atoms with E-state index in [1.807, 2.05) is 24.3 Å². The van der Waals surface area contributed by atoms with Gasteiger partial charge in [0.2, 0.25) is 5.78 Å². The standard InChI is InChI=1S/C25H20FN5O3/c1-15-28-29-25-30(15)21-13-16(23(32)27-14-17-5-3-4-6-22(17)34-2)7-12-20(21)24(33)31(25)19-10-8-18(26)9-11-19/h3-13H,14H2,1-2H3,(H,27,32). The number of carbonyl (C=O) groups is 1. The second-order valence-corrected chi connectivity index (χ2v) is 7.73. The highest BCUT2D eigenvalue weighted by atomic mass is 19.1. The van der Waals surface area contributed by atoms with Crippen LogP contribution in [0.15, 0.2) is 71.5 Å². The minimum atomic E-state index is -0.407. The maximum Gasteiger partial charge on any atom is 0.267 e. The number of hydrogen-bond acceptors (Lipinski definition) is 5. The van der Waals surface area contributed by atoms with Gasteiger partial charge in [-0.05, 0) is 55.5 Å². The predicted molar refractivity (Wildman–Crippen MR) is 125 cm³/mol. The average molecular weight is 457 g/mol. The maximum absolute atomic E-state index is 13.4. The normalized spacial score (nSPS) is 11.1. The van der Waals surface area contributed by atoms with Crippen molar-refractivity contribution >= 4 is 22.6 Å². The Morgan fingerprint density at radius 3 is 2.59 bits per heavy atom. The first-order chi connectivity index (χ1) is 16.5. The van der Waals surface area contributed by atoms with Crippen LogP contribution in [0.1, 0.15) is 21.7 Å². The van der Waals surface area contributed by atoms with Crippen molar-refractivity contribution in [3.8, 4) is 11.4 Å². The summed E-state index contributed by atoms with van der Waals surface area (Å²) in [7, 11) is 1.58. The molecular formula is C25H20FN5O3. The molecule has 5 rings (SSSR count). The molecule has 2 aromatic heterocycles. The second kappa shape index (κ2) is 8.43. The summed E-state index contributed by atoms with van der Waals surface area (Å²) in [5.74, 6) is 0.796. The Labute approximate surface area is 193 Å². The Bertz CT molecular complexity index is 1610. The number of methoxy groups -OCH3 is 1. The summed E-state index contributed by atoms with van der Waals surface area (Å²) in [6.45, 7) is 2.04. The van der Waals surface area contributed by atoms with Crippen LogP contribution in [0, 0.1) is 12.7 Å². The molecule has 0 spiro atoms. The zero-order chi connectivity index (χ0) is 23.8. The molecule has 0 saturated heterocycles. The Morgan fingerprint density at radius 2 is 1.82 bits per heavy atom. The fourth-order valence-electron chi connectivity index (χ4n) is 3.98. The van der Waals surface area contributed by atoms with Gasteiger partial charge in [-0.25, -0.2) is 8.96 Å². The van der Waals surface area contributed by atoms with E-state index in [1.54, 1.807) is 36.6 Å². The summed E-state index contributed by atoms with van der Waals surface area (Å²) in [5.41, 5.74) is 1.85. The summed E-state index contributed by atoms with van der Waals surface area (Å²) in [6.07, 6.45) is 0. The predicted octanol–water partition coefficient (Wildman–Crippen LogP) is 3.42. The number of hydrogen-bond donors (Lipinski definition) is 1. The number of aromatic nitrogens is 4. The molecule has 1 amide bonds. The van der Waals surface area contributed by atoms with E-state index in [0.717, 1.165) is 5.56 Å². The molecule has 3 aromatic carbocycles. The van der Waals surface area contributed by atoms with Crippen molar-refractivity contribution in [2.45, 2.75) is 13.5 Å². The smallest absolute Gasteiger partial charge is 0.267 e. The van der Waals surface area contributed by atoms with Crippen LogP contribution in [0.2, 0.25) is 0 Å². The fraction of sp³-hybridized carbons (Fsp3) is 0.120.